The van der Waals surface area contributed by atoms with E-state index in [1.54, 1.807) is 0 Å². The van der Waals surface area contributed by atoms with Crippen LogP contribution in [0.5, 0.6) is 0 Å². The van der Waals surface area contributed by atoms with Gasteiger partial charge >= 0.3 is 0 Å². The van der Waals surface area contributed by atoms with Gasteiger partial charge < -0.3 is 0 Å². The van der Waals surface area contributed by atoms with Gasteiger partial charge in [0.2, 0.25) is 0 Å². The van der Waals surface area contributed by atoms with Gasteiger partial charge in [-0.15, -0.1) is 0 Å². The van der Waals surface area contributed by atoms with Crippen molar-refractivity contribution in [1.82, 2.24) is 0 Å². The zero-order valence-electron chi connectivity index (χ0n) is 8.93. The molecule has 0 aliphatic heterocycles. The minimum atomic E-state index is -0.447. The lowest BCUT2D eigenvalue weighted by Gasteiger charge is -2.17. The topological polar surface area (TPSA) is 0 Å². The third-order valence-electron chi connectivity index (χ3n) is 2.60. The number of halogens is 3. The Morgan fingerprint density at radius 2 is 1.80 bits per heavy atom. The SMILES string of the molecule is CCC(Br)C(C)Cc1c(F)cccc1F. The highest BCUT2D eigenvalue weighted by Gasteiger charge is 2.17. The maximum absolute atomic E-state index is 13.3. The van der Waals surface area contributed by atoms with Crippen molar-refractivity contribution in [2.45, 2.75) is 31.5 Å². The van der Waals surface area contributed by atoms with E-state index in [0.29, 0.717) is 11.2 Å². The summed E-state index contributed by atoms with van der Waals surface area (Å²) < 4.78 is 26.6. The number of alkyl halides is 1. The number of hydrogen-bond donors (Lipinski definition) is 0. The molecule has 0 heterocycles. The second-order valence-corrected chi connectivity index (χ2v) is 4.98. The first-order valence-electron chi connectivity index (χ1n) is 5.13. The Morgan fingerprint density at radius 1 is 1.27 bits per heavy atom. The summed E-state index contributed by atoms with van der Waals surface area (Å²) in [5.41, 5.74) is 0.197. The van der Waals surface area contributed by atoms with Crippen LogP contribution in [0.2, 0.25) is 0 Å². The van der Waals surface area contributed by atoms with E-state index in [0.717, 1.165) is 6.42 Å². The van der Waals surface area contributed by atoms with Crippen LogP contribution in [-0.2, 0) is 6.42 Å². The van der Waals surface area contributed by atoms with Gasteiger partial charge in [0.1, 0.15) is 11.6 Å². The average Bonchev–Trinajstić information content (AvgIpc) is 2.22. The van der Waals surface area contributed by atoms with Crippen LogP contribution in [0.25, 0.3) is 0 Å². The maximum Gasteiger partial charge on any atom is 0.129 e. The number of benzene rings is 1. The molecular weight excluding hydrogens is 262 g/mol. The predicted molar refractivity (Wildman–Crippen MR) is 62.2 cm³/mol. The van der Waals surface area contributed by atoms with Gasteiger partial charge in [0.15, 0.2) is 0 Å². The molecule has 1 rings (SSSR count). The molecule has 2 unspecified atom stereocenters. The van der Waals surface area contributed by atoms with Crippen LogP contribution in [0.4, 0.5) is 8.78 Å². The molecule has 0 saturated heterocycles. The van der Waals surface area contributed by atoms with Gasteiger partial charge in [-0.3, -0.25) is 0 Å². The highest BCUT2D eigenvalue weighted by Crippen LogP contribution is 2.23. The smallest absolute Gasteiger partial charge is 0.129 e. The summed E-state index contributed by atoms with van der Waals surface area (Å²) in [4.78, 5) is 0.302. The van der Waals surface area contributed by atoms with Crippen LogP contribution < -0.4 is 0 Å². The largest absolute Gasteiger partial charge is 0.207 e. The van der Waals surface area contributed by atoms with Crippen molar-refractivity contribution >= 4 is 15.9 Å². The third kappa shape index (κ3) is 3.26. The van der Waals surface area contributed by atoms with Crippen LogP contribution in [-0.4, -0.2) is 4.83 Å². The van der Waals surface area contributed by atoms with Crippen LogP contribution >= 0.6 is 15.9 Å². The zero-order valence-corrected chi connectivity index (χ0v) is 10.5. The summed E-state index contributed by atoms with van der Waals surface area (Å²) in [6, 6.07) is 4.00. The highest BCUT2D eigenvalue weighted by atomic mass is 79.9. The van der Waals surface area contributed by atoms with Gasteiger partial charge in [0.25, 0.3) is 0 Å². The first-order chi connectivity index (χ1) is 7.06. The maximum atomic E-state index is 13.3. The Hall–Kier alpha value is -0.440. The summed E-state index contributed by atoms with van der Waals surface area (Å²) in [5, 5.41) is 0. The lowest BCUT2D eigenvalue weighted by Crippen LogP contribution is -2.14. The molecule has 1 aromatic rings. The average molecular weight is 277 g/mol. The van der Waals surface area contributed by atoms with Gasteiger partial charge in [-0.25, -0.2) is 8.78 Å². The predicted octanol–water partition coefficient (Wildman–Crippen LogP) is 4.32. The fourth-order valence-corrected chi connectivity index (χ4v) is 1.77. The van der Waals surface area contributed by atoms with Crippen molar-refractivity contribution in [3.05, 3.63) is 35.4 Å². The molecule has 2 atom stereocenters. The molecule has 0 spiro atoms. The molecule has 84 valence electrons. The highest BCUT2D eigenvalue weighted by molar-refractivity contribution is 9.09. The summed E-state index contributed by atoms with van der Waals surface area (Å²) in [7, 11) is 0. The monoisotopic (exact) mass is 276 g/mol. The molecule has 0 fully saturated rings. The first kappa shape index (κ1) is 12.6. The van der Waals surface area contributed by atoms with E-state index in [-0.39, 0.29) is 11.5 Å². The second-order valence-electron chi connectivity index (χ2n) is 3.81. The Kier molecular flexibility index (Phi) is 4.71. The van der Waals surface area contributed by atoms with Crippen molar-refractivity contribution in [1.29, 1.82) is 0 Å². The fraction of sp³-hybridized carbons (Fsp3) is 0.500. The van der Waals surface area contributed by atoms with Gasteiger partial charge in [0.05, 0.1) is 0 Å². The molecule has 0 aromatic heterocycles. The van der Waals surface area contributed by atoms with Gasteiger partial charge in [-0.1, -0.05) is 35.8 Å². The Labute approximate surface area is 97.8 Å². The molecule has 0 nitrogen and oxygen atoms in total. The van der Waals surface area contributed by atoms with E-state index in [4.69, 9.17) is 0 Å². The lowest BCUT2D eigenvalue weighted by atomic mass is 9.96. The molecular formula is C12H15BrF2. The quantitative estimate of drug-likeness (QED) is 0.719. The van der Waals surface area contributed by atoms with Crippen molar-refractivity contribution < 1.29 is 8.78 Å². The lowest BCUT2D eigenvalue weighted by molar-refractivity contribution is 0.493. The standard InChI is InChI=1S/C12H15BrF2/c1-3-10(13)8(2)7-9-11(14)5-4-6-12(9)15/h4-6,8,10H,3,7H2,1-2H3. The van der Waals surface area contributed by atoms with E-state index in [9.17, 15) is 8.78 Å². The van der Waals surface area contributed by atoms with Crippen molar-refractivity contribution in [2.24, 2.45) is 5.92 Å². The van der Waals surface area contributed by atoms with Crippen LogP contribution in [0, 0.1) is 17.6 Å². The number of rotatable bonds is 4. The van der Waals surface area contributed by atoms with E-state index in [1.165, 1.54) is 18.2 Å². The zero-order chi connectivity index (χ0) is 11.4. The van der Waals surface area contributed by atoms with Gasteiger partial charge in [-0.2, -0.15) is 0 Å². The molecule has 0 saturated carbocycles. The molecule has 15 heavy (non-hydrogen) atoms. The first-order valence-corrected chi connectivity index (χ1v) is 6.04. The minimum Gasteiger partial charge on any atom is -0.207 e. The third-order valence-corrected chi connectivity index (χ3v) is 4.15. The Bertz CT molecular complexity index is 305. The summed E-state index contributed by atoms with van der Waals surface area (Å²) in [6.07, 6.45) is 1.39. The second kappa shape index (κ2) is 5.59. The van der Waals surface area contributed by atoms with E-state index >= 15 is 0 Å². The summed E-state index contributed by atoms with van der Waals surface area (Å²) >= 11 is 3.50. The van der Waals surface area contributed by atoms with E-state index < -0.39 is 11.6 Å². The van der Waals surface area contributed by atoms with Crippen molar-refractivity contribution in [2.75, 3.05) is 0 Å². The molecule has 1 aromatic carbocycles. The van der Waals surface area contributed by atoms with Gasteiger partial charge in [-0.05, 0) is 30.9 Å². The Morgan fingerprint density at radius 3 is 2.27 bits per heavy atom. The molecule has 0 aliphatic rings. The van der Waals surface area contributed by atoms with E-state index in [2.05, 4.69) is 15.9 Å². The number of hydrogen-bond acceptors (Lipinski definition) is 0. The van der Waals surface area contributed by atoms with E-state index in [1.807, 2.05) is 13.8 Å². The molecule has 0 bridgehead atoms. The van der Waals surface area contributed by atoms with Crippen molar-refractivity contribution in [3.8, 4) is 0 Å². The molecule has 3 heteroatoms. The fourth-order valence-electron chi connectivity index (χ4n) is 1.58. The molecule has 0 amide bonds. The van der Waals surface area contributed by atoms with Crippen molar-refractivity contribution in [3.63, 3.8) is 0 Å². The normalized spacial score (nSPS) is 15.0. The van der Waals surface area contributed by atoms with Crippen LogP contribution in [0.15, 0.2) is 18.2 Å². The Balaban J connectivity index is 2.80. The summed E-state index contributed by atoms with van der Waals surface area (Å²) in [5.74, 6) is -0.670. The van der Waals surface area contributed by atoms with Crippen LogP contribution in [0.1, 0.15) is 25.8 Å². The molecule has 0 radical (unpaired) electrons. The summed E-state index contributed by atoms with van der Waals surface area (Å²) in [6.45, 7) is 4.04. The van der Waals surface area contributed by atoms with Gasteiger partial charge in [0, 0.05) is 10.4 Å². The minimum absolute atomic E-state index is 0.197. The van der Waals surface area contributed by atoms with Crippen LogP contribution in [0.3, 0.4) is 0 Å². The molecule has 0 aliphatic carbocycles. The molecule has 0 N–H and O–H groups in total.